The minimum absolute atomic E-state index is 0.0650. The van der Waals surface area contributed by atoms with Gasteiger partial charge in [0.1, 0.15) is 3.70 Å². The summed E-state index contributed by atoms with van der Waals surface area (Å²) in [6, 6.07) is 0. The van der Waals surface area contributed by atoms with Gasteiger partial charge in [-0.1, -0.05) is 0 Å². The van der Waals surface area contributed by atoms with Gasteiger partial charge in [-0.15, -0.1) is 0 Å². The maximum atomic E-state index is 12.7. The number of methoxy groups -OCH3 is 1. The van der Waals surface area contributed by atoms with Crippen molar-refractivity contribution in [2.24, 2.45) is 5.73 Å². The molecule has 0 aliphatic heterocycles. The summed E-state index contributed by atoms with van der Waals surface area (Å²) in [7, 11) is 1.24. The van der Waals surface area contributed by atoms with Crippen molar-refractivity contribution >= 4 is 28.6 Å². The number of nitrogens with two attached hydrogens (primary N) is 1. The van der Waals surface area contributed by atoms with Gasteiger partial charge in [-0.05, 0) is 28.2 Å². The minimum Gasteiger partial charge on any atom is -0.469 e. The van der Waals surface area contributed by atoms with Gasteiger partial charge in [0.2, 0.25) is 0 Å². The molecule has 1 heterocycles. The number of ether oxygens (including phenoxy) is 1. The Kier molecular flexibility index (Phi) is 5.19. The zero-order valence-electron chi connectivity index (χ0n) is 9.04. The molecule has 0 aliphatic carbocycles. The van der Waals surface area contributed by atoms with E-state index in [0.29, 0.717) is 9.26 Å². The first-order valence-corrected chi connectivity index (χ1v) is 5.80. The number of hydrogen-bond donors (Lipinski definition) is 1. The molecular weight excluding hydrogens is 345 g/mol. The smallest absolute Gasteiger partial charge is 0.310 e. The van der Waals surface area contributed by atoms with Crippen LogP contribution in [0.25, 0.3) is 0 Å². The van der Waals surface area contributed by atoms with Crippen molar-refractivity contribution in [1.29, 1.82) is 0 Å². The third-order valence-electron chi connectivity index (χ3n) is 2.27. The monoisotopic (exact) mass is 356 g/mol. The Balaban J connectivity index is 3.25. The highest BCUT2D eigenvalue weighted by atomic mass is 127. The fourth-order valence-electron chi connectivity index (χ4n) is 1.41. The summed E-state index contributed by atoms with van der Waals surface area (Å²) in [5.41, 5.74) is 5.91. The molecule has 94 valence electrons. The van der Waals surface area contributed by atoms with Gasteiger partial charge in [-0.25, -0.2) is 13.8 Å². The third kappa shape index (κ3) is 3.32. The first kappa shape index (κ1) is 14.2. The Morgan fingerprint density at radius 3 is 2.71 bits per heavy atom. The van der Waals surface area contributed by atoms with E-state index in [1.807, 2.05) is 22.6 Å². The molecule has 0 aliphatic rings. The summed E-state index contributed by atoms with van der Waals surface area (Å²) >= 11 is 1.88. The summed E-state index contributed by atoms with van der Waals surface area (Å²) in [5.74, 6) is -0.508. The van der Waals surface area contributed by atoms with Crippen LogP contribution in [0.15, 0.2) is 6.20 Å². The van der Waals surface area contributed by atoms with Crippen molar-refractivity contribution in [2.45, 2.75) is 19.4 Å². The molecule has 0 fully saturated rings. The number of carbonyl (C=O) groups excluding carboxylic acids is 1. The molecule has 0 saturated heterocycles. The number of pyridine rings is 1. The molecule has 0 amide bonds. The molecule has 0 atom stereocenters. The maximum absolute atomic E-state index is 12.7. The van der Waals surface area contributed by atoms with Crippen molar-refractivity contribution in [1.82, 2.24) is 4.98 Å². The van der Waals surface area contributed by atoms with E-state index in [0.717, 1.165) is 6.20 Å². The quantitative estimate of drug-likeness (QED) is 0.508. The van der Waals surface area contributed by atoms with E-state index in [1.54, 1.807) is 0 Å². The zero-order valence-corrected chi connectivity index (χ0v) is 11.2. The highest BCUT2D eigenvalue weighted by Crippen LogP contribution is 2.27. The van der Waals surface area contributed by atoms with Crippen LogP contribution < -0.4 is 5.73 Å². The molecule has 1 aromatic rings. The molecule has 7 heteroatoms. The van der Waals surface area contributed by atoms with E-state index in [1.165, 1.54) is 7.11 Å². The third-order valence-corrected chi connectivity index (χ3v) is 3.20. The Hall–Kier alpha value is -0.830. The van der Waals surface area contributed by atoms with E-state index in [9.17, 15) is 13.6 Å². The van der Waals surface area contributed by atoms with Crippen molar-refractivity contribution in [3.63, 3.8) is 0 Å². The number of nitrogens with zero attached hydrogens (tertiary/aromatic N) is 1. The molecule has 2 N–H and O–H groups in total. The molecule has 1 aromatic heterocycles. The minimum atomic E-state index is -2.66. The number of aromatic nitrogens is 1. The molecule has 1 rings (SSSR count). The lowest BCUT2D eigenvalue weighted by atomic mass is 10.0. The number of rotatable bonds is 4. The first-order valence-electron chi connectivity index (χ1n) is 4.72. The molecule has 4 nitrogen and oxygen atoms in total. The van der Waals surface area contributed by atoms with Crippen LogP contribution in [-0.2, 0) is 22.5 Å². The molecule has 0 bridgehead atoms. The van der Waals surface area contributed by atoms with Gasteiger partial charge in [0.15, 0.2) is 0 Å². The molecule has 0 saturated carbocycles. The Labute approximate surface area is 111 Å². The van der Waals surface area contributed by atoms with Crippen molar-refractivity contribution in [3.05, 3.63) is 26.6 Å². The Morgan fingerprint density at radius 1 is 1.59 bits per heavy atom. The van der Waals surface area contributed by atoms with Gasteiger partial charge >= 0.3 is 5.97 Å². The topological polar surface area (TPSA) is 65.2 Å². The number of carbonyl (C=O) groups is 1. The Morgan fingerprint density at radius 2 is 2.24 bits per heavy atom. The highest BCUT2D eigenvalue weighted by Gasteiger charge is 2.20. The van der Waals surface area contributed by atoms with Gasteiger partial charge in [0, 0.05) is 23.9 Å². The van der Waals surface area contributed by atoms with Crippen LogP contribution in [-0.4, -0.2) is 18.1 Å². The second-order valence-electron chi connectivity index (χ2n) is 3.22. The summed E-state index contributed by atoms with van der Waals surface area (Å²) in [6.45, 7) is -0.0650. The Bertz CT molecular complexity index is 427. The molecule has 0 spiro atoms. The number of hydrogen-bond acceptors (Lipinski definition) is 4. The largest absolute Gasteiger partial charge is 0.469 e. The number of halogens is 3. The standard InChI is InChI=1S/C10H11F2IN2O2/c1-17-8(16)2-5-6(3-14)7(9(11)12)4-15-10(5)13/h4,9H,2-3,14H2,1H3. The predicted octanol–water partition coefficient (Wildman–Crippen LogP) is 1.80. The van der Waals surface area contributed by atoms with Crippen molar-refractivity contribution < 1.29 is 18.3 Å². The number of alkyl halides is 2. The lowest BCUT2D eigenvalue weighted by molar-refractivity contribution is -0.139. The van der Waals surface area contributed by atoms with Crippen molar-refractivity contribution in [2.75, 3.05) is 7.11 Å². The summed E-state index contributed by atoms with van der Waals surface area (Å²) in [6.07, 6.45) is -1.67. The van der Waals surface area contributed by atoms with E-state index in [4.69, 9.17) is 5.73 Å². The van der Waals surface area contributed by atoms with E-state index in [2.05, 4.69) is 9.72 Å². The lowest BCUT2D eigenvalue weighted by Crippen LogP contribution is -2.14. The van der Waals surface area contributed by atoms with E-state index < -0.39 is 12.4 Å². The maximum Gasteiger partial charge on any atom is 0.310 e. The molecule has 0 aromatic carbocycles. The second-order valence-corrected chi connectivity index (χ2v) is 4.24. The fraction of sp³-hybridized carbons (Fsp3) is 0.400. The van der Waals surface area contributed by atoms with Crippen LogP contribution >= 0.6 is 22.6 Å². The summed E-state index contributed by atoms with van der Waals surface area (Å²) < 4.78 is 30.5. The lowest BCUT2D eigenvalue weighted by Gasteiger charge is -2.13. The van der Waals surface area contributed by atoms with E-state index in [-0.39, 0.29) is 24.1 Å². The fourth-order valence-corrected chi connectivity index (χ4v) is 2.06. The van der Waals surface area contributed by atoms with Crippen LogP contribution in [0.4, 0.5) is 8.78 Å². The van der Waals surface area contributed by atoms with Gasteiger partial charge in [-0.2, -0.15) is 0 Å². The highest BCUT2D eigenvalue weighted by molar-refractivity contribution is 14.1. The molecular formula is C10H11F2IN2O2. The zero-order chi connectivity index (χ0) is 13.0. The second kappa shape index (κ2) is 6.20. The molecule has 0 radical (unpaired) electrons. The molecule has 0 unspecified atom stereocenters. The van der Waals surface area contributed by atoms with Crippen molar-refractivity contribution in [3.8, 4) is 0 Å². The van der Waals surface area contributed by atoms with Gasteiger partial charge in [0.05, 0.1) is 13.5 Å². The summed E-state index contributed by atoms with van der Waals surface area (Å²) in [5, 5.41) is 0. The predicted molar refractivity (Wildman–Crippen MR) is 65.5 cm³/mol. The van der Waals surface area contributed by atoms with Crippen LogP contribution in [0.2, 0.25) is 0 Å². The summed E-state index contributed by atoms with van der Waals surface area (Å²) in [4.78, 5) is 15.0. The van der Waals surface area contributed by atoms with E-state index >= 15 is 0 Å². The van der Waals surface area contributed by atoms with Gasteiger partial charge < -0.3 is 10.5 Å². The molecule has 17 heavy (non-hydrogen) atoms. The normalized spacial score (nSPS) is 10.7. The van der Waals surface area contributed by atoms with Crippen LogP contribution in [0, 0.1) is 3.70 Å². The van der Waals surface area contributed by atoms with Gasteiger partial charge in [0.25, 0.3) is 6.43 Å². The SMILES string of the molecule is COC(=O)Cc1c(I)ncc(C(F)F)c1CN. The van der Waals surface area contributed by atoms with Crippen LogP contribution in [0.5, 0.6) is 0 Å². The number of esters is 1. The first-order chi connectivity index (χ1) is 8.01. The average molecular weight is 356 g/mol. The van der Waals surface area contributed by atoms with Gasteiger partial charge in [-0.3, -0.25) is 4.79 Å². The van der Waals surface area contributed by atoms with Crippen LogP contribution in [0.1, 0.15) is 23.1 Å². The van der Waals surface area contributed by atoms with Crippen LogP contribution in [0.3, 0.4) is 0 Å². The average Bonchev–Trinajstić information content (AvgIpc) is 2.30.